The molecule has 0 unspecified atom stereocenters. The highest BCUT2D eigenvalue weighted by Crippen LogP contribution is 2.14. The number of benzene rings is 2. The second-order valence-corrected chi connectivity index (χ2v) is 8.00. The molecule has 2 rings (SSSR count). The van der Waals surface area contributed by atoms with Gasteiger partial charge in [-0.25, -0.2) is 22.7 Å². The molecule has 0 aromatic heterocycles. The molecule has 29 heavy (non-hydrogen) atoms. The highest BCUT2D eigenvalue weighted by atomic mass is 32.2. The smallest absolute Gasteiger partial charge is 0.338 e. The molecule has 0 fully saturated rings. The van der Waals surface area contributed by atoms with E-state index in [-0.39, 0.29) is 10.5 Å². The molecule has 0 aliphatic heterocycles. The molecule has 2 aromatic carbocycles. The fraction of sp³-hybridized carbons (Fsp3) is 0.211. The number of nitrogens with one attached hydrogen (secondary N) is 3. The monoisotopic (exact) mass is 419 g/mol. The van der Waals surface area contributed by atoms with Crippen molar-refractivity contribution in [2.45, 2.75) is 18.7 Å². The van der Waals surface area contributed by atoms with Crippen LogP contribution in [0.5, 0.6) is 0 Å². The van der Waals surface area contributed by atoms with Gasteiger partial charge >= 0.3 is 12.0 Å². The minimum atomic E-state index is -3.73. The van der Waals surface area contributed by atoms with Gasteiger partial charge in [-0.2, -0.15) is 0 Å². The molecule has 3 N–H and O–H groups in total. The molecule has 3 amide bonds. The van der Waals surface area contributed by atoms with E-state index in [2.05, 4.69) is 10.0 Å². The van der Waals surface area contributed by atoms with Crippen LogP contribution in [0.3, 0.4) is 0 Å². The first-order valence-electron chi connectivity index (χ1n) is 8.51. The van der Waals surface area contributed by atoms with Crippen molar-refractivity contribution < 1.29 is 27.5 Å². The third-order valence-electron chi connectivity index (χ3n) is 4.00. The van der Waals surface area contributed by atoms with Crippen molar-refractivity contribution >= 4 is 33.6 Å². The van der Waals surface area contributed by atoms with E-state index in [1.807, 2.05) is 25.2 Å². The number of carbonyl (C=O) groups excluding carboxylic acids is 3. The van der Waals surface area contributed by atoms with Gasteiger partial charge in [-0.15, -0.1) is 0 Å². The molecule has 0 radical (unpaired) electrons. The van der Waals surface area contributed by atoms with Gasteiger partial charge in [0, 0.05) is 5.69 Å². The molecule has 0 heterocycles. The lowest BCUT2D eigenvalue weighted by Gasteiger charge is -2.09. The Morgan fingerprint density at radius 3 is 2.38 bits per heavy atom. The lowest BCUT2D eigenvalue weighted by molar-refractivity contribution is -0.123. The fourth-order valence-corrected chi connectivity index (χ4v) is 3.04. The molecule has 0 aliphatic carbocycles. The Hall–Kier alpha value is -3.24. The van der Waals surface area contributed by atoms with Crippen LogP contribution in [0.2, 0.25) is 0 Å². The van der Waals surface area contributed by atoms with Crippen molar-refractivity contribution in [2.24, 2.45) is 0 Å². The maximum Gasteiger partial charge on any atom is 0.338 e. The summed E-state index contributed by atoms with van der Waals surface area (Å²) in [6.45, 7) is 3.11. The molecule has 9 nitrogen and oxygen atoms in total. The average Bonchev–Trinajstić information content (AvgIpc) is 2.69. The summed E-state index contributed by atoms with van der Waals surface area (Å²) in [4.78, 5) is 35.6. The summed E-state index contributed by atoms with van der Waals surface area (Å²) in [7, 11) is -2.48. The Morgan fingerprint density at radius 1 is 1.00 bits per heavy atom. The van der Waals surface area contributed by atoms with Crippen molar-refractivity contribution in [1.82, 2.24) is 10.0 Å². The zero-order valence-corrected chi connectivity index (χ0v) is 16.9. The predicted octanol–water partition coefficient (Wildman–Crippen LogP) is 1.72. The summed E-state index contributed by atoms with van der Waals surface area (Å²) >= 11 is 0. The number of imide groups is 1. The van der Waals surface area contributed by atoms with Crippen LogP contribution in [-0.4, -0.2) is 40.0 Å². The molecule has 10 heteroatoms. The van der Waals surface area contributed by atoms with Gasteiger partial charge in [-0.3, -0.25) is 10.1 Å². The molecular formula is C19H21N3O6S. The maximum absolute atomic E-state index is 12.0. The van der Waals surface area contributed by atoms with Crippen LogP contribution in [0.15, 0.2) is 47.4 Å². The van der Waals surface area contributed by atoms with E-state index in [4.69, 9.17) is 4.74 Å². The van der Waals surface area contributed by atoms with Gasteiger partial charge in [0.25, 0.3) is 5.91 Å². The number of sulfonamides is 1. The van der Waals surface area contributed by atoms with Gasteiger partial charge in [-0.05, 0) is 62.4 Å². The van der Waals surface area contributed by atoms with Gasteiger partial charge in [0.2, 0.25) is 10.0 Å². The molecule has 0 spiro atoms. The highest BCUT2D eigenvalue weighted by Gasteiger charge is 2.16. The number of rotatable bonds is 6. The minimum absolute atomic E-state index is 0.0475. The van der Waals surface area contributed by atoms with Crippen molar-refractivity contribution in [2.75, 3.05) is 19.0 Å². The lowest BCUT2D eigenvalue weighted by atomic mass is 10.1. The Bertz CT molecular complexity index is 1050. The summed E-state index contributed by atoms with van der Waals surface area (Å²) in [5.41, 5.74) is 2.50. The van der Waals surface area contributed by atoms with Crippen molar-refractivity contribution in [3.8, 4) is 0 Å². The maximum atomic E-state index is 12.0. The SMILES string of the molecule is CNS(=O)(=O)c1cccc(C(=O)OCC(=O)NC(=O)Nc2ccc(C)c(C)c2)c1. The van der Waals surface area contributed by atoms with Gasteiger partial charge in [0.1, 0.15) is 0 Å². The first-order valence-corrected chi connectivity index (χ1v) is 9.99. The van der Waals surface area contributed by atoms with E-state index in [0.717, 1.165) is 17.2 Å². The largest absolute Gasteiger partial charge is 0.452 e. The number of ether oxygens (including phenoxy) is 1. The van der Waals surface area contributed by atoms with Crippen LogP contribution in [0.1, 0.15) is 21.5 Å². The highest BCUT2D eigenvalue weighted by molar-refractivity contribution is 7.89. The fourth-order valence-electron chi connectivity index (χ4n) is 2.27. The normalized spacial score (nSPS) is 10.9. The number of hydrogen-bond acceptors (Lipinski definition) is 6. The molecule has 0 saturated carbocycles. The third-order valence-corrected chi connectivity index (χ3v) is 5.41. The number of hydrogen-bond donors (Lipinski definition) is 3. The molecule has 0 saturated heterocycles. The standard InChI is InChI=1S/C19H21N3O6S/c1-12-7-8-15(9-13(12)2)21-19(25)22-17(23)11-28-18(24)14-5-4-6-16(10-14)29(26,27)20-3/h4-10,20H,11H2,1-3H3,(H2,21,22,23,25). The molecule has 0 bridgehead atoms. The summed E-state index contributed by atoms with van der Waals surface area (Å²) in [5.74, 6) is -1.73. The van der Waals surface area contributed by atoms with Crippen LogP contribution in [0.4, 0.5) is 10.5 Å². The van der Waals surface area contributed by atoms with Crippen LogP contribution in [0, 0.1) is 13.8 Å². The quantitative estimate of drug-likeness (QED) is 0.611. The topological polar surface area (TPSA) is 131 Å². The molecule has 154 valence electrons. The molecule has 0 aliphatic rings. The zero-order valence-electron chi connectivity index (χ0n) is 16.1. The second kappa shape index (κ2) is 9.30. The summed E-state index contributed by atoms with van der Waals surface area (Å²) < 4.78 is 30.5. The number of esters is 1. The Kier molecular flexibility index (Phi) is 7.08. The van der Waals surface area contributed by atoms with Crippen LogP contribution >= 0.6 is 0 Å². The van der Waals surface area contributed by atoms with E-state index in [1.165, 1.54) is 25.2 Å². The van der Waals surface area contributed by atoms with E-state index in [0.29, 0.717) is 5.69 Å². The first-order chi connectivity index (χ1) is 13.6. The van der Waals surface area contributed by atoms with E-state index >= 15 is 0 Å². The molecule has 2 aromatic rings. The van der Waals surface area contributed by atoms with Crippen molar-refractivity contribution in [3.05, 3.63) is 59.2 Å². The molecule has 0 atom stereocenters. The summed E-state index contributed by atoms with van der Waals surface area (Å²) in [6.07, 6.45) is 0. The lowest BCUT2D eigenvalue weighted by Crippen LogP contribution is -2.37. The second-order valence-electron chi connectivity index (χ2n) is 6.11. The summed E-state index contributed by atoms with van der Waals surface area (Å²) in [6, 6.07) is 9.67. The number of amides is 3. The minimum Gasteiger partial charge on any atom is -0.452 e. The van der Waals surface area contributed by atoms with Crippen LogP contribution < -0.4 is 15.4 Å². The molecular weight excluding hydrogens is 398 g/mol. The third kappa shape index (κ3) is 6.13. The van der Waals surface area contributed by atoms with Crippen molar-refractivity contribution in [3.63, 3.8) is 0 Å². The first kappa shape index (κ1) is 22.1. The Morgan fingerprint density at radius 2 is 1.72 bits per heavy atom. The predicted molar refractivity (Wildman–Crippen MR) is 106 cm³/mol. The van der Waals surface area contributed by atoms with E-state index < -0.39 is 34.5 Å². The summed E-state index contributed by atoms with van der Waals surface area (Å²) in [5, 5.41) is 4.55. The zero-order chi connectivity index (χ0) is 21.6. The number of urea groups is 1. The number of carbonyl (C=O) groups is 3. The van der Waals surface area contributed by atoms with E-state index in [1.54, 1.807) is 12.1 Å². The average molecular weight is 419 g/mol. The van der Waals surface area contributed by atoms with Gasteiger partial charge < -0.3 is 10.1 Å². The Labute approximate surface area is 168 Å². The van der Waals surface area contributed by atoms with Crippen LogP contribution in [-0.2, 0) is 19.6 Å². The van der Waals surface area contributed by atoms with E-state index in [9.17, 15) is 22.8 Å². The van der Waals surface area contributed by atoms with Gasteiger partial charge in [0.05, 0.1) is 10.5 Å². The number of aryl methyl sites for hydroxylation is 2. The van der Waals surface area contributed by atoms with Crippen LogP contribution in [0.25, 0.3) is 0 Å². The Balaban J connectivity index is 1.90. The van der Waals surface area contributed by atoms with Gasteiger partial charge in [0.15, 0.2) is 6.61 Å². The number of anilines is 1. The van der Waals surface area contributed by atoms with Crippen molar-refractivity contribution in [1.29, 1.82) is 0 Å². The van der Waals surface area contributed by atoms with Gasteiger partial charge in [-0.1, -0.05) is 12.1 Å².